The summed E-state index contributed by atoms with van der Waals surface area (Å²) in [6.07, 6.45) is 0. The Balaban J connectivity index is 2.77. The summed E-state index contributed by atoms with van der Waals surface area (Å²) < 4.78 is 23.0. The molecule has 94 valence electrons. The summed E-state index contributed by atoms with van der Waals surface area (Å²) in [6, 6.07) is 6.61. The first-order valence-electron chi connectivity index (χ1n) is 5.00. The molecule has 4 nitrogen and oxygen atoms in total. The van der Waals surface area contributed by atoms with Crippen molar-refractivity contribution in [3.63, 3.8) is 0 Å². The molecule has 1 aromatic carbocycles. The lowest BCUT2D eigenvalue weighted by molar-refractivity contribution is 0.596. The number of rotatable bonds is 5. The van der Waals surface area contributed by atoms with Crippen LogP contribution >= 0.6 is 15.9 Å². The molecule has 0 bridgehead atoms. The highest BCUT2D eigenvalue weighted by Gasteiger charge is 2.09. The molecule has 0 aliphatic carbocycles. The highest BCUT2D eigenvalue weighted by Crippen LogP contribution is 2.15. The van der Waals surface area contributed by atoms with Crippen molar-refractivity contribution in [2.24, 2.45) is 5.14 Å². The molecule has 0 amide bonds. The molecular formula is C11H15BrN2O2S. The predicted molar refractivity (Wildman–Crippen MR) is 72.3 cm³/mol. The molecule has 0 aliphatic heterocycles. The largest absolute Gasteiger partial charge is 0.306 e. The van der Waals surface area contributed by atoms with Gasteiger partial charge < -0.3 is 5.32 Å². The monoisotopic (exact) mass is 318 g/mol. The molecule has 1 aromatic rings. The summed E-state index contributed by atoms with van der Waals surface area (Å²) >= 11 is 3.26. The molecular weight excluding hydrogens is 304 g/mol. The van der Waals surface area contributed by atoms with Crippen LogP contribution < -0.4 is 10.5 Å². The molecule has 0 spiro atoms. The average molecular weight is 319 g/mol. The van der Waals surface area contributed by atoms with E-state index in [-0.39, 0.29) is 10.9 Å². The van der Waals surface area contributed by atoms with Crippen LogP contribution in [0.3, 0.4) is 0 Å². The number of sulfonamides is 1. The Labute approximate surface area is 110 Å². The molecule has 0 saturated carbocycles. The van der Waals surface area contributed by atoms with Gasteiger partial charge in [0.25, 0.3) is 0 Å². The third-order valence-corrected chi connectivity index (χ3v) is 3.52. The first-order valence-corrected chi connectivity index (χ1v) is 7.34. The average Bonchev–Trinajstić information content (AvgIpc) is 2.25. The first-order chi connectivity index (χ1) is 7.80. The number of nitrogens with two attached hydrogens (primary N) is 1. The van der Waals surface area contributed by atoms with E-state index in [1.165, 1.54) is 12.1 Å². The molecule has 0 radical (unpaired) electrons. The van der Waals surface area contributed by atoms with Crippen molar-refractivity contribution in [2.75, 3.05) is 6.54 Å². The van der Waals surface area contributed by atoms with Gasteiger partial charge in [0.15, 0.2) is 0 Å². The van der Waals surface area contributed by atoms with Crippen molar-refractivity contribution in [1.82, 2.24) is 5.32 Å². The molecule has 0 aromatic heterocycles. The maximum Gasteiger partial charge on any atom is 0.238 e. The number of halogens is 1. The number of hydrogen-bond acceptors (Lipinski definition) is 3. The smallest absolute Gasteiger partial charge is 0.238 e. The van der Waals surface area contributed by atoms with Gasteiger partial charge >= 0.3 is 0 Å². The zero-order chi connectivity index (χ0) is 13.1. The van der Waals surface area contributed by atoms with E-state index >= 15 is 0 Å². The lowest BCUT2D eigenvalue weighted by Crippen LogP contribution is -2.20. The maximum absolute atomic E-state index is 11.1. The van der Waals surface area contributed by atoms with Crippen LogP contribution in [-0.4, -0.2) is 15.0 Å². The number of hydrogen-bond donors (Lipinski definition) is 2. The second-order valence-corrected chi connectivity index (χ2v) is 6.42. The van der Waals surface area contributed by atoms with E-state index in [2.05, 4.69) is 27.8 Å². The second kappa shape index (κ2) is 5.77. The summed E-state index contributed by atoms with van der Waals surface area (Å²) in [5.74, 6) is 0. The second-order valence-electron chi connectivity index (χ2n) is 3.73. The topological polar surface area (TPSA) is 72.2 Å². The molecule has 0 saturated heterocycles. The Morgan fingerprint density at radius 3 is 2.41 bits per heavy atom. The summed E-state index contributed by atoms with van der Waals surface area (Å²) in [6.45, 7) is 6.36. The summed E-state index contributed by atoms with van der Waals surface area (Å²) in [4.78, 5) is 0.123. The molecule has 0 heterocycles. The summed E-state index contributed by atoms with van der Waals surface area (Å²) in [7, 11) is -3.61. The normalized spacial score (nSPS) is 13.4. The van der Waals surface area contributed by atoms with Crippen LogP contribution in [-0.2, 0) is 10.0 Å². The third-order valence-electron chi connectivity index (χ3n) is 2.31. The molecule has 0 aliphatic rings. The van der Waals surface area contributed by atoms with Gasteiger partial charge in [-0.05, 0) is 24.6 Å². The Hall–Kier alpha value is -0.690. The van der Waals surface area contributed by atoms with E-state index in [1.807, 2.05) is 6.92 Å². The van der Waals surface area contributed by atoms with Gasteiger partial charge in [-0.1, -0.05) is 34.6 Å². The minimum absolute atomic E-state index is 0.110. The fraction of sp³-hybridized carbons (Fsp3) is 0.273. The summed E-state index contributed by atoms with van der Waals surface area (Å²) in [5, 5.41) is 8.25. The van der Waals surface area contributed by atoms with Gasteiger partial charge in [-0.15, -0.1) is 0 Å². The molecule has 3 N–H and O–H groups in total. The molecule has 1 unspecified atom stereocenters. The van der Waals surface area contributed by atoms with Crippen LogP contribution in [0.25, 0.3) is 0 Å². The number of nitrogens with one attached hydrogen (secondary N) is 1. The van der Waals surface area contributed by atoms with E-state index in [0.717, 1.165) is 10.0 Å². The first kappa shape index (κ1) is 14.4. The minimum atomic E-state index is -3.61. The van der Waals surface area contributed by atoms with Gasteiger partial charge in [-0.3, -0.25) is 0 Å². The number of benzene rings is 1. The zero-order valence-corrected chi connectivity index (χ0v) is 11.9. The van der Waals surface area contributed by atoms with E-state index in [0.29, 0.717) is 6.54 Å². The van der Waals surface area contributed by atoms with Crippen LogP contribution in [0.15, 0.2) is 40.2 Å². The molecule has 1 rings (SSSR count). The van der Waals surface area contributed by atoms with Crippen molar-refractivity contribution < 1.29 is 8.42 Å². The van der Waals surface area contributed by atoms with Gasteiger partial charge in [0.05, 0.1) is 4.90 Å². The van der Waals surface area contributed by atoms with E-state index in [9.17, 15) is 8.42 Å². The Kier molecular flexibility index (Phi) is 4.88. The van der Waals surface area contributed by atoms with Crippen LogP contribution in [0.1, 0.15) is 18.5 Å². The van der Waals surface area contributed by atoms with Crippen LogP contribution in [0, 0.1) is 0 Å². The Bertz CT molecular complexity index is 497. The third kappa shape index (κ3) is 4.59. The van der Waals surface area contributed by atoms with Crippen molar-refractivity contribution in [3.05, 3.63) is 40.9 Å². The predicted octanol–water partition coefficient (Wildman–Crippen LogP) is 1.89. The standard InChI is InChI=1S/C11H15BrN2O2S/c1-8(12)7-14-9(2)10-3-5-11(6-4-10)17(13,15)16/h3-6,9,14H,1,7H2,2H3,(H2,13,15,16). The van der Waals surface area contributed by atoms with Crippen LogP contribution in [0.2, 0.25) is 0 Å². The van der Waals surface area contributed by atoms with E-state index in [1.54, 1.807) is 12.1 Å². The van der Waals surface area contributed by atoms with Gasteiger partial charge in [-0.2, -0.15) is 0 Å². The van der Waals surface area contributed by atoms with Crippen molar-refractivity contribution >= 4 is 26.0 Å². The van der Waals surface area contributed by atoms with Crippen LogP contribution in [0.5, 0.6) is 0 Å². The summed E-state index contributed by atoms with van der Waals surface area (Å²) in [5.41, 5.74) is 0.992. The Morgan fingerprint density at radius 1 is 1.47 bits per heavy atom. The van der Waals surface area contributed by atoms with Crippen molar-refractivity contribution in [1.29, 1.82) is 0 Å². The Morgan fingerprint density at radius 2 is 2.00 bits per heavy atom. The van der Waals surface area contributed by atoms with Gasteiger partial charge in [-0.25, -0.2) is 13.6 Å². The molecule has 0 fully saturated rings. The van der Waals surface area contributed by atoms with E-state index < -0.39 is 10.0 Å². The lowest BCUT2D eigenvalue weighted by atomic mass is 10.1. The molecule has 6 heteroatoms. The molecule has 1 atom stereocenters. The minimum Gasteiger partial charge on any atom is -0.306 e. The molecule has 17 heavy (non-hydrogen) atoms. The quantitative estimate of drug-likeness (QED) is 0.870. The maximum atomic E-state index is 11.1. The van der Waals surface area contributed by atoms with Gasteiger partial charge in [0, 0.05) is 17.1 Å². The highest BCUT2D eigenvalue weighted by molar-refractivity contribution is 9.11. The van der Waals surface area contributed by atoms with E-state index in [4.69, 9.17) is 5.14 Å². The highest BCUT2D eigenvalue weighted by atomic mass is 79.9. The zero-order valence-electron chi connectivity index (χ0n) is 9.48. The van der Waals surface area contributed by atoms with Gasteiger partial charge in [0.2, 0.25) is 10.0 Å². The van der Waals surface area contributed by atoms with Crippen molar-refractivity contribution in [2.45, 2.75) is 17.9 Å². The van der Waals surface area contributed by atoms with Crippen LogP contribution in [0.4, 0.5) is 0 Å². The van der Waals surface area contributed by atoms with Gasteiger partial charge in [0.1, 0.15) is 0 Å². The SMILES string of the molecule is C=C(Br)CNC(C)c1ccc(S(N)(=O)=O)cc1. The van der Waals surface area contributed by atoms with Crippen molar-refractivity contribution in [3.8, 4) is 0 Å². The lowest BCUT2D eigenvalue weighted by Gasteiger charge is -2.14. The number of primary sulfonamides is 1. The fourth-order valence-electron chi connectivity index (χ4n) is 1.33. The fourth-order valence-corrected chi connectivity index (χ4v) is 2.01.